The second kappa shape index (κ2) is 5.67. The predicted octanol–water partition coefficient (Wildman–Crippen LogP) is 1.24. The van der Waals surface area contributed by atoms with E-state index in [1.807, 2.05) is 12.4 Å². The molecule has 2 saturated heterocycles. The van der Waals surface area contributed by atoms with Gasteiger partial charge in [0.25, 0.3) is 0 Å². The molecule has 4 nitrogen and oxygen atoms in total. The number of ether oxygens (including phenoxy) is 1. The summed E-state index contributed by atoms with van der Waals surface area (Å²) in [5, 5.41) is 0. The van der Waals surface area contributed by atoms with Crippen LogP contribution in [0.4, 0.5) is 5.69 Å². The Bertz CT molecular complexity index is 365. The van der Waals surface area contributed by atoms with E-state index in [2.05, 4.69) is 26.9 Å². The van der Waals surface area contributed by atoms with E-state index in [-0.39, 0.29) is 0 Å². The quantitative estimate of drug-likeness (QED) is 0.803. The summed E-state index contributed by atoms with van der Waals surface area (Å²) in [4.78, 5) is 9.11. The first kappa shape index (κ1) is 11.9. The fourth-order valence-electron chi connectivity index (χ4n) is 2.92. The Morgan fingerprint density at radius 3 is 2.72 bits per heavy atom. The molecule has 0 bridgehead atoms. The van der Waals surface area contributed by atoms with Gasteiger partial charge in [-0.3, -0.25) is 9.88 Å². The van der Waals surface area contributed by atoms with Gasteiger partial charge in [-0.05, 0) is 24.5 Å². The number of pyridine rings is 1. The highest BCUT2D eigenvalue weighted by atomic mass is 16.5. The van der Waals surface area contributed by atoms with Crippen LogP contribution in [0.5, 0.6) is 0 Å². The molecule has 0 N–H and O–H groups in total. The minimum Gasteiger partial charge on any atom is -0.379 e. The second-order valence-electron chi connectivity index (χ2n) is 5.22. The van der Waals surface area contributed by atoms with Crippen LogP contribution in [-0.4, -0.2) is 55.8 Å². The van der Waals surface area contributed by atoms with Crippen molar-refractivity contribution >= 4 is 5.69 Å². The molecule has 0 spiro atoms. The Kier molecular flexibility index (Phi) is 3.76. The molecule has 1 aromatic heterocycles. The second-order valence-corrected chi connectivity index (χ2v) is 5.22. The third-order valence-electron chi connectivity index (χ3n) is 3.93. The average molecular weight is 247 g/mol. The van der Waals surface area contributed by atoms with Crippen LogP contribution in [-0.2, 0) is 4.74 Å². The SMILES string of the molecule is c1cc(N2CCC(CN3CCOCC3)C2)ccn1. The van der Waals surface area contributed by atoms with Crippen LogP contribution in [0, 0.1) is 5.92 Å². The summed E-state index contributed by atoms with van der Waals surface area (Å²) in [7, 11) is 0. The average Bonchev–Trinajstić information content (AvgIpc) is 2.89. The number of rotatable bonds is 3. The minimum absolute atomic E-state index is 0.802. The maximum Gasteiger partial charge on any atom is 0.0594 e. The van der Waals surface area contributed by atoms with Crippen LogP contribution in [0.2, 0.25) is 0 Å². The summed E-state index contributed by atoms with van der Waals surface area (Å²) in [6, 6.07) is 4.22. The Hall–Kier alpha value is -1.13. The highest BCUT2D eigenvalue weighted by Crippen LogP contribution is 2.23. The Morgan fingerprint density at radius 2 is 1.94 bits per heavy atom. The molecule has 18 heavy (non-hydrogen) atoms. The van der Waals surface area contributed by atoms with Crippen molar-refractivity contribution in [1.29, 1.82) is 0 Å². The van der Waals surface area contributed by atoms with E-state index in [0.29, 0.717) is 0 Å². The van der Waals surface area contributed by atoms with Crippen molar-refractivity contribution in [2.45, 2.75) is 6.42 Å². The Balaban J connectivity index is 1.52. The van der Waals surface area contributed by atoms with Crippen LogP contribution in [0.25, 0.3) is 0 Å². The molecule has 0 aromatic carbocycles. The van der Waals surface area contributed by atoms with Gasteiger partial charge in [-0.25, -0.2) is 0 Å². The van der Waals surface area contributed by atoms with Crippen LogP contribution in [0.15, 0.2) is 24.5 Å². The molecule has 0 aliphatic carbocycles. The monoisotopic (exact) mass is 247 g/mol. The standard InChI is InChI=1S/C14H21N3O/c1-4-15-5-2-14(1)17-6-3-13(12-17)11-16-7-9-18-10-8-16/h1-2,4-5,13H,3,6-12H2. The Labute approximate surface area is 109 Å². The lowest BCUT2D eigenvalue weighted by molar-refractivity contribution is 0.0320. The van der Waals surface area contributed by atoms with Crippen LogP contribution in [0.3, 0.4) is 0 Å². The van der Waals surface area contributed by atoms with Crippen molar-refractivity contribution < 1.29 is 4.74 Å². The Morgan fingerprint density at radius 1 is 1.17 bits per heavy atom. The zero-order chi connectivity index (χ0) is 12.2. The maximum atomic E-state index is 5.40. The van der Waals surface area contributed by atoms with Crippen molar-refractivity contribution in [2.24, 2.45) is 5.92 Å². The van der Waals surface area contributed by atoms with Crippen molar-refractivity contribution in [3.05, 3.63) is 24.5 Å². The first-order valence-electron chi connectivity index (χ1n) is 6.87. The summed E-state index contributed by atoms with van der Waals surface area (Å²) in [6.45, 7) is 7.60. The van der Waals surface area contributed by atoms with Crippen LogP contribution >= 0.6 is 0 Å². The van der Waals surface area contributed by atoms with E-state index in [9.17, 15) is 0 Å². The van der Waals surface area contributed by atoms with Gasteiger partial charge in [0.05, 0.1) is 13.2 Å². The molecule has 0 radical (unpaired) electrons. The largest absolute Gasteiger partial charge is 0.379 e. The van der Waals surface area contributed by atoms with Gasteiger partial charge in [-0.15, -0.1) is 0 Å². The summed E-state index contributed by atoms with van der Waals surface area (Å²) in [5.41, 5.74) is 1.31. The summed E-state index contributed by atoms with van der Waals surface area (Å²) in [6.07, 6.45) is 5.06. The molecule has 3 rings (SSSR count). The number of hydrogen-bond acceptors (Lipinski definition) is 4. The minimum atomic E-state index is 0.802. The first-order valence-corrected chi connectivity index (χ1v) is 6.87. The molecule has 2 fully saturated rings. The molecule has 1 unspecified atom stereocenters. The predicted molar refractivity (Wildman–Crippen MR) is 71.8 cm³/mol. The van der Waals surface area contributed by atoms with Crippen molar-refractivity contribution in [2.75, 3.05) is 50.8 Å². The molecular formula is C14H21N3O. The molecule has 1 aromatic rings. The van der Waals surface area contributed by atoms with Gasteiger partial charge in [0.1, 0.15) is 0 Å². The topological polar surface area (TPSA) is 28.6 Å². The number of hydrogen-bond donors (Lipinski definition) is 0. The molecule has 0 saturated carbocycles. The molecule has 4 heteroatoms. The van der Waals surface area contributed by atoms with Gasteiger partial charge in [-0.2, -0.15) is 0 Å². The van der Waals surface area contributed by atoms with E-state index >= 15 is 0 Å². The fraction of sp³-hybridized carbons (Fsp3) is 0.643. The molecule has 2 aliphatic rings. The highest BCUT2D eigenvalue weighted by Gasteiger charge is 2.25. The highest BCUT2D eigenvalue weighted by molar-refractivity contribution is 5.45. The number of anilines is 1. The van der Waals surface area contributed by atoms with E-state index < -0.39 is 0 Å². The lowest BCUT2D eigenvalue weighted by atomic mass is 10.1. The maximum absolute atomic E-state index is 5.40. The van der Waals surface area contributed by atoms with E-state index in [4.69, 9.17) is 4.74 Å². The van der Waals surface area contributed by atoms with Crippen LogP contribution < -0.4 is 4.90 Å². The van der Waals surface area contributed by atoms with Gasteiger partial charge in [0, 0.05) is 50.8 Å². The molecule has 2 aliphatic heterocycles. The van der Waals surface area contributed by atoms with E-state index in [0.717, 1.165) is 32.2 Å². The molecule has 3 heterocycles. The van der Waals surface area contributed by atoms with Crippen molar-refractivity contribution in [1.82, 2.24) is 9.88 Å². The summed E-state index contributed by atoms with van der Waals surface area (Å²) in [5.74, 6) is 0.802. The molecular weight excluding hydrogens is 226 g/mol. The van der Waals surface area contributed by atoms with Crippen molar-refractivity contribution in [3.8, 4) is 0 Å². The summed E-state index contributed by atoms with van der Waals surface area (Å²) >= 11 is 0. The summed E-state index contributed by atoms with van der Waals surface area (Å²) < 4.78 is 5.40. The van der Waals surface area contributed by atoms with Crippen LogP contribution in [0.1, 0.15) is 6.42 Å². The normalized spacial score (nSPS) is 25.6. The zero-order valence-electron chi connectivity index (χ0n) is 10.8. The van der Waals surface area contributed by atoms with E-state index in [1.165, 1.54) is 31.7 Å². The number of aromatic nitrogens is 1. The smallest absolute Gasteiger partial charge is 0.0594 e. The number of morpholine rings is 1. The van der Waals surface area contributed by atoms with Gasteiger partial charge in [-0.1, -0.05) is 0 Å². The van der Waals surface area contributed by atoms with Gasteiger partial charge in [0.15, 0.2) is 0 Å². The van der Waals surface area contributed by atoms with E-state index in [1.54, 1.807) is 0 Å². The molecule has 98 valence electrons. The zero-order valence-corrected chi connectivity index (χ0v) is 10.8. The third-order valence-corrected chi connectivity index (χ3v) is 3.93. The lowest BCUT2D eigenvalue weighted by Gasteiger charge is -2.29. The number of nitrogens with zero attached hydrogens (tertiary/aromatic N) is 3. The van der Waals surface area contributed by atoms with Gasteiger partial charge >= 0.3 is 0 Å². The fourth-order valence-corrected chi connectivity index (χ4v) is 2.92. The lowest BCUT2D eigenvalue weighted by Crippen LogP contribution is -2.39. The molecule has 1 atom stereocenters. The first-order chi connectivity index (χ1) is 8.92. The van der Waals surface area contributed by atoms with Gasteiger partial charge in [0.2, 0.25) is 0 Å². The van der Waals surface area contributed by atoms with Gasteiger partial charge < -0.3 is 9.64 Å². The molecule has 0 amide bonds. The van der Waals surface area contributed by atoms with Crippen molar-refractivity contribution in [3.63, 3.8) is 0 Å². The third kappa shape index (κ3) is 2.82.